The van der Waals surface area contributed by atoms with Crippen molar-refractivity contribution in [2.75, 3.05) is 26.9 Å². The van der Waals surface area contributed by atoms with Crippen molar-refractivity contribution in [3.63, 3.8) is 0 Å². The highest BCUT2D eigenvalue weighted by Crippen LogP contribution is 2.57. The molecule has 7 heteroatoms. The van der Waals surface area contributed by atoms with Crippen molar-refractivity contribution in [2.45, 2.75) is 55.6 Å². The molecule has 2 aromatic carbocycles. The molecule has 1 heterocycles. The van der Waals surface area contributed by atoms with Gasteiger partial charge in [0.2, 0.25) is 10.0 Å². The molecule has 1 atom stereocenters. The molecule has 2 amide bonds. The molecular weight excluding hydrogens is 446 g/mol. The number of nitrogens with zero attached hydrogens (tertiary/aromatic N) is 3. The van der Waals surface area contributed by atoms with Gasteiger partial charge >= 0.3 is 6.03 Å². The van der Waals surface area contributed by atoms with Gasteiger partial charge < -0.3 is 4.90 Å². The van der Waals surface area contributed by atoms with Crippen LogP contribution in [0.2, 0.25) is 0 Å². The monoisotopic (exact) mass is 481 g/mol. The molecule has 1 aliphatic heterocycles. The lowest BCUT2D eigenvalue weighted by Crippen LogP contribution is -2.56. The molecule has 2 aromatic rings. The minimum absolute atomic E-state index is 0.138. The summed E-state index contributed by atoms with van der Waals surface area (Å²) in [7, 11) is 0.520. The third kappa shape index (κ3) is 3.73. The van der Waals surface area contributed by atoms with E-state index < -0.39 is 21.6 Å². The fraction of sp³-hybridized carbons (Fsp3) is 0.519. The van der Waals surface area contributed by atoms with Gasteiger partial charge in [0.05, 0.1) is 17.8 Å². The summed E-state index contributed by atoms with van der Waals surface area (Å²) in [6.45, 7) is 0.647. The fourth-order valence-corrected chi connectivity index (χ4v) is 7.48. The number of carbonyl (C=O) groups excluding carboxylic acids is 1. The van der Waals surface area contributed by atoms with Crippen molar-refractivity contribution in [3.8, 4) is 0 Å². The van der Waals surface area contributed by atoms with Crippen LogP contribution in [0.25, 0.3) is 0 Å². The molecule has 0 N–H and O–H groups in total. The number of rotatable bonds is 6. The Hall–Kier alpha value is -2.38. The second-order valence-electron chi connectivity index (χ2n) is 10.6. The number of sulfonamides is 1. The Morgan fingerprint density at radius 2 is 1.47 bits per heavy atom. The molecule has 1 unspecified atom stereocenters. The zero-order chi connectivity index (χ0) is 24.1. The molecule has 2 saturated carbocycles. The first-order valence-electron chi connectivity index (χ1n) is 12.3. The first kappa shape index (κ1) is 23.4. The van der Waals surface area contributed by atoms with Crippen LogP contribution >= 0.6 is 0 Å². The first-order chi connectivity index (χ1) is 16.2. The normalized spacial score (nSPS) is 29.9. The number of hydrogen-bond acceptors (Lipinski definition) is 4. The average Bonchev–Trinajstić information content (AvgIpc) is 3.61. The van der Waals surface area contributed by atoms with Crippen LogP contribution in [0.1, 0.15) is 55.7 Å². The Morgan fingerprint density at radius 3 is 1.97 bits per heavy atom. The summed E-state index contributed by atoms with van der Waals surface area (Å²) in [6.07, 6.45) is 6.62. The van der Waals surface area contributed by atoms with E-state index in [9.17, 15) is 13.2 Å². The lowest BCUT2D eigenvalue weighted by Gasteiger charge is -2.53. The molecule has 1 saturated heterocycles. The lowest BCUT2D eigenvalue weighted by molar-refractivity contribution is 0.00765. The highest BCUT2D eigenvalue weighted by molar-refractivity contribution is 7.88. The average molecular weight is 482 g/mol. The minimum Gasteiger partial charge on any atom is -0.315 e. The van der Waals surface area contributed by atoms with Crippen molar-refractivity contribution in [2.24, 2.45) is 5.92 Å². The van der Waals surface area contributed by atoms with E-state index in [1.165, 1.54) is 16.1 Å². The van der Waals surface area contributed by atoms with Gasteiger partial charge in [-0.2, -0.15) is 0 Å². The van der Waals surface area contributed by atoms with E-state index >= 15 is 0 Å². The molecule has 0 bridgehead atoms. The predicted molar refractivity (Wildman–Crippen MR) is 134 cm³/mol. The van der Waals surface area contributed by atoms with Gasteiger partial charge in [0.15, 0.2) is 0 Å². The van der Waals surface area contributed by atoms with Crippen molar-refractivity contribution in [1.29, 1.82) is 0 Å². The predicted octanol–water partition coefficient (Wildman–Crippen LogP) is 4.60. The molecule has 6 nitrogen and oxygen atoms in total. The molecule has 5 rings (SSSR count). The van der Waals surface area contributed by atoms with E-state index in [0.717, 1.165) is 44.1 Å². The zero-order valence-corrected chi connectivity index (χ0v) is 21.2. The van der Waals surface area contributed by atoms with E-state index in [2.05, 4.69) is 43.3 Å². The molecule has 3 fully saturated rings. The molecular formula is C27H35N3O3S. The Kier molecular flexibility index (Phi) is 5.76. The summed E-state index contributed by atoms with van der Waals surface area (Å²) in [4.78, 5) is 18.1. The minimum atomic E-state index is -3.74. The maximum absolute atomic E-state index is 13.8. The second-order valence-corrected chi connectivity index (χ2v) is 12.5. The van der Waals surface area contributed by atoms with Gasteiger partial charge in [0.25, 0.3) is 0 Å². The number of benzene rings is 2. The number of urea groups is 1. The molecule has 3 aliphatic rings. The SMILES string of the molecule is CN(C)C1(c2ccccc2)CCC2(CC1)C(c1ccccc1)N(S(C)(=O)=O)C(=O)N2CC1CC1. The van der Waals surface area contributed by atoms with Crippen molar-refractivity contribution in [1.82, 2.24) is 14.1 Å². The number of carbonyl (C=O) groups is 1. The Morgan fingerprint density at radius 1 is 0.912 bits per heavy atom. The van der Waals surface area contributed by atoms with Gasteiger partial charge in [-0.1, -0.05) is 60.7 Å². The molecule has 182 valence electrons. The van der Waals surface area contributed by atoms with E-state index in [1.54, 1.807) is 0 Å². The summed E-state index contributed by atoms with van der Waals surface area (Å²) in [5.74, 6) is 0.478. The quantitative estimate of drug-likeness (QED) is 0.605. The van der Waals surface area contributed by atoms with Gasteiger partial charge in [-0.05, 0) is 69.7 Å². The van der Waals surface area contributed by atoms with E-state index in [0.29, 0.717) is 12.5 Å². The number of hydrogen-bond donors (Lipinski definition) is 0. The highest BCUT2D eigenvalue weighted by Gasteiger charge is 2.63. The maximum atomic E-state index is 13.8. The molecule has 34 heavy (non-hydrogen) atoms. The van der Waals surface area contributed by atoms with Gasteiger partial charge in [0, 0.05) is 12.1 Å². The molecule has 1 spiro atoms. The Bertz CT molecular complexity index is 1140. The van der Waals surface area contributed by atoms with E-state index in [4.69, 9.17) is 0 Å². The Balaban J connectivity index is 1.61. The third-order valence-corrected chi connectivity index (χ3v) is 9.50. The summed E-state index contributed by atoms with van der Waals surface area (Å²) in [5, 5.41) is 0. The van der Waals surface area contributed by atoms with Crippen LogP contribution in [0.3, 0.4) is 0 Å². The van der Waals surface area contributed by atoms with Crippen LogP contribution in [-0.4, -0.2) is 61.0 Å². The van der Waals surface area contributed by atoms with Gasteiger partial charge in [-0.15, -0.1) is 0 Å². The standard InChI is InChI=1S/C27H35N3O3S/c1-28(2)26(23-12-8-5-9-13-23)16-18-27(19-17-26)24(22-10-6-4-7-11-22)30(34(3,32)33)25(31)29(27)20-21-14-15-21/h4-13,21,24H,14-20H2,1-3H3. The second kappa shape index (κ2) is 8.38. The Labute approximate surface area is 203 Å². The van der Waals surface area contributed by atoms with Crippen LogP contribution in [0, 0.1) is 5.92 Å². The molecule has 0 aromatic heterocycles. The maximum Gasteiger partial charge on any atom is 0.334 e. The van der Waals surface area contributed by atoms with Crippen LogP contribution in [-0.2, 0) is 15.6 Å². The van der Waals surface area contributed by atoms with Crippen LogP contribution < -0.4 is 0 Å². The molecule has 0 radical (unpaired) electrons. The summed E-state index contributed by atoms with van der Waals surface area (Å²) in [6, 6.07) is 19.5. The van der Waals surface area contributed by atoms with Gasteiger partial charge in [-0.25, -0.2) is 17.5 Å². The van der Waals surface area contributed by atoms with E-state index in [-0.39, 0.29) is 11.6 Å². The molecule has 2 aliphatic carbocycles. The van der Waals surface area contributed by atoms with Crippen molar-refractivity contribution in [3.05, 3.63) is 71.8 Å². The van der Waals surface area contributed by atoms with Crippen LogP contribution in [0.15, 0.2) is 60.7 Å². The van der Waals surface area contributed by atoms with Crippen LogP contribution in [0.4, 0.5) is 4.79 Å². The summed E-state index contributed by atoms with van der Waals surface area (Å²) in [5.41, 5.74) is 1.50. The van der Waals surface area contributed by atoms with E-state index in [1.807, 2.05) is 41.3 Å². The third-order valence-electron chi connectivity index (χ3n) is 8.42. The summed E-state index contributed by atoms with van der Waals surface area (Å²) < 4.78 is 27.2. The largest absolute Gasteiger partial charge is 0.334 e. The topological polar surface area (TPSA) is 60.9 Å². The fourth-order valence-electron chi connectivity index (χ4n) is 6.40. The zero-order valence-electron chi connectivity index (χ0n) is 20.4. The lowest BCUT2D eigenvalue weighted by atomic mass is 9.65. The van der Waals surface area contributed by atoms with Crippen LogP contribution in [0.5, 0.6) is 0 Å². The van der Waals surface area contributed by atoms with Gasteiger partial charge in [0.1, 0.15) is 0 Å². The van der Waals surface area contributed by atoms with Crippen molar-refractivity contribution < 1.29 is 13.2 Å². The summed E-state index contributed by atoms with van der Waals surface area (Å²) >= 11 is 0. The number of amides is 2. The van der Waals surface area contributed by atoms with Crippen molar-refractivity contribution >= 4 is 16.1 Å². The smallest absolute Gasteiger partial charge is 0.315 e. The van der Waals surface area contributed by atoms with Gasteiger partial charge in [-0.3, -0.25) is 4.90 Å². The highest BCUT2D eigenvalue weighted by atomic mass is 32.2. The first-order valence-corrected chi connectivity index (χ1v) is 14.1.